The maximum absolute atomic E-state index is 12.4. The van der Waals surface area contributed by atoms with Gasteiger partial charge in [-0.2, -0.15) is 0 Å². The van der Waals surface area contributed by atoms with Crippen LogP contribution in [-0.2, 0) is 14.8 Å². The fourth-order valence-electron chi connectivity index (χ4n) is 3.17. The standard InChI is InChI=1S/C22H22N4O3S2/c1-25(31(28,29)22-8-5-15-30-22)13-4-7-21(27)23-18-11-9-17(10-12-18)19-16-26-14-3-2-6-20(26)24-19/h2-3,5-6,8-12,14-16H,4,7,13H2,1H3,(H,23,27). The van der Waals surface area contributed by atoms with Crippen molar-refractivity contribution < 1.29 is 13.2 Å². The number of fused-ring (bicyclic) bond motifs is 1. The van der Waals surface area contributed by atoms with E-state index in [0.29, 0.717) is 16.3 Å². The number of aromatic nitrogens is 2. The Morgan fingerprint density at radius 2 is 1.94 bits per heavy atom. The molecule has 0 bridgehead atoms. The Morgan fingerprint density at radius 3 is 2.65 bits per heavy atom. The van der Waals surface area contributed by atoms with Gasteiger partial charge in [-0.25, -0.2) is 17.7 Å². The molecule has 0 saturated heterocycles. The van der Waals surface area contributed by atoms with E-state index in [4.69, 9.17) is 0 Å². The highest BCUT2D eigenvalue weighted by Gasteiger charge is 2.21. The van der Waals surface area contributed by atoms with Gasteiger partial charge in [-0.05, 0) is 42.1 Å². The Morgan fingerprint density at radius 1 is 1.13 bits per heavy atom. The van der Waals surface area contributed by atoms with E-state index in [1.54, 1.807) is 17.5 Å². The molecule has 3 aromatic heterocycles. The van der Waals surface area contributed by atoms with Gasteiger partial charge in [0, 0.05) is 43.7 Å². The van der Waals surface area contributed by atoms with Gasteiger partial charge in [0.25, 0.3) is 10.0 Å². The second-order valence-electron chi connectivity index (χ2n) is 7.08. The summed E-state index contributed by atoms with van der Waals surface area (Å²) >= 11 is 1.19. The molecule has 1 amide bonds. The zero-order chi connectivity index (χ0) is 21.8. The summed E-state index contributed by atoms with van der Waals surface area (Å²) < 4.78 is 28.3. The zero-order valence-electron chi connectivity index (χ0n) is 16.9. The van der Waals surface area contributed by atoms with E-state index >= 15 is 0 Å². The number of pyridine rings is 1. The number of rotatable bonds is 8. The van der Waals surface area contributed by atoms with Crippen LogP contribution in [0.15, 0.2) is 76.6 Å². The highest BCUT2D eigenvalue weighted by atomic mass is 32.2. The van der Waals surface area contributed by atoms with Gasteiger partial charge in [0.15, 0.2) is 0 Å². The predicted octanol–water partition coefficient (Wildman–Crippen LogP) is 4.10. The van der Waals surface area contributed by atoms with Crippen LogP contribution >= 0.6 is 11.3 Å². The Hall–Kier alpha value is -3.01. The lowest BCUT2D eigenvalue weighted by Crippen LogP contribution is -2.28. The average molecular weight is 455 g/mol. The molecule has 0 spiro atoms. The van der Waals surface area contributed by atoms with Crippen molar-refractivity contribution in [2.24, 2.45) is 0 Å². The molecule has 0 fully saturated rings. The Labute approximate surface area is 185 Å². The molecule has 0 radical (unpaired) electrons. The second kappa shape index (κ2) is 9.01. The van der Waals surface area contributed by atoms with Crippen LogP contribution in [0.5, 0.6) is 0 Å². The van der Waals surface area contributed by atoms with Gasteiger partial charge in [-0.1, -0.05) is 24.3 Å². The van der Waals surface area contributed by atoms with Crippen molar-refractivity contribution in [3.05, 3.63) is 72.4 Å². The lowest BCUT2D eigenvalue weighted by molar-refractivity contribution is -0.116. The first-order chi connectivity index (χ1) is 14.9. The fraction of sp³-hybridized carbons (Fsp3) is 0.182. The van der Waals surface area contributed by atoms with Gasteiger partial charge in [0.05, 0.1) is 5.69 Å². The fourth-order valence-corrected chi connectivity index (χ4v) is 5.58. The first-order valence-electron chi connectivity index (χ1n) is 9.77. The van der Waals surface area contributed by atoms with Crippen LogP contribution in [0.2, 0.25) is 0 Å². The number of anilines is 1. The Kier molecular flexibility index (Phi) is 6.17. The van der Waals surface area contributed by atoms with E-state index in [-0.39, 0.29) is 18.9 Å². The van der Waals surface area contributed by atoms with Crippen molar-refractivity contribution in [2.75, 3.05) is 18.9 Å². The minimum atomic E-state index is -3.48. The maximum atomic E-state index is 12.4. The zero-order valence-corrected chi connectivity index (χ0v) is 18.6. The summed E-state index contributed by atoms with van der Waals surface area (Å²) in [7, 11) is -1.95. The summed E-state index contributed by atoms with van der Waals surface area (Å²) in [6.45, 7) is 0.278. The lowest BCUT2D eigenvalue weighted by Gasteiger charge is -2.15. The highest BCUT2D eigenvalue weighted by Crippen LogP contribution is 2.22. The molecule has 0 aliphatic rings. The average Bonchev–Trinajstić information content (AvgIpc) is 3.44. The first kappa shape index (κ1) is 21.2. The van der Waals surface area contributed by atoms with Gasteiger partial charge >= 0.3 is 0 Å². The third-order valence-electron chi connectivity index (χ3n) is 4.86. The number of nitrogens with zero attached hydrogens (tertiary/aromatic N) is 3. The molecule has 4 aromatic rings. The Balaban J connectivity index is 1.30. The van der Waals surface area contributed by atoms with E-state index < -0.39 is 10.0 Å². The van der Waals surface area contributed by atoms with Crippen LogP contribution in [0, 0.1) is 0 Å². The van der Waals surface area contributed by atoms with E-state index in [0.717, 1.165) is 16.9 Å². The van der Waals surface area contributed by atoms with Crippen molar-refractivity contribution in [2.45, 2.75) is 17.1 Å². The van der Waals surface area contributed by atoms with Gasteiger partial charge in [-0.15, -0.1) is 11.3 Å². The molecule has 7 nitrogen and oxygen atoms in total. The maximum Gasteiger partial charge on any atom is 0.252 e. The number of amides is 1. The normalized spacial score (nSPS) is 11.8. The quantitative estimate of drug-likeness (QED) is 0.434. The molecule has 0 aliphatic heterocycles. The van der Waals surface area contributed by atoms with E-state index in [1.807, 2.05) is 59.3 Å². The molecule has 160 valence electrons. The van der Waals surface area contributed by atoms with Crippen LogP contribution in [0.25, 0.3) is 16.9 Å². The molecule has 0 atom stereocenters. The number of carbonyl (C=O) groups excluding carboxylic acids is 1. The number of benzene rings is 1. The minimum absolute atomic E-state index is 0.151. The smallest absolute Gasteiger partial charge is 0.252 e. The largest absolute Gasteiger partial charge is 0.326 e. The second-order valence-corrected chi connectivity index (χ2v) is 10.3. The van der Waals surface area contributed by atoms with Crippen LogP contribution in [-0.4, -0.2) is 41.6 Å². The van der Waals surface area contributed by atoms with Crippen molar-refractivity contribution in [3.63, 3.8) is 0 Å². The molecule has 0 aliphatic carbocycles. The monoisotopic (exact) mass is 454 g/mol. The molecular weight excluding hydrogens is 432 g/mol. The number of hydrogen-bond acceptors (Lipinski definition) is 5. The van der Waals surface area contributed by atoms with E-state index in [1.165, 1.54) is 22.7 Å². The van der Waals surface area contributed by atoms with Gasteiger partial charge in [0.2, 0.25) is 5.91 Å². The summed E-state index contributed by atoms with van der Waals surface area (Å²) in [4.78, 5) is 16.8. The van der Waals surface area contributed by atoms with Crippen molar-refractivity contribution in [1.82, 2.24) is 13.7 Å². The summed E-state index contributed by atoms with van der Waals surface area (Å²) in [6, 6.07) is 16.6. The summed E-state index contributed by atoms with van der Waals surface area (Å²) in [6.07, 6.45) is 4.58. The molecule has 3 heterocycles. The number of thiophene rings is 1. The topological polar surface area (TPSA) is 83.8 Å². The number of imidazole rings is 1. The van der Waals surface area contributed by atoms with E-state index in [2.05, 4.69) is 10.3 Å². The predicted molar refractivity (Wildman–Crippen MR) is 123 cm³/mol. The summed E-state index contributed by atoms with van der Waals surface area (Å²) in [5.41, 5.74) is 3.39. The molecule has 0 saturated carbocycles. The van der Waals surface area contributed by atoms with Gasteiger partial charge in [-0.3, -0.25) is 4.79 Å². The van der Waals surface area contributed by atoms with E-state index in [9.17, 15) is 13.2 Å². The molecule has 1 aromatic carbocycles. The molecular formula is C22H22N4O3S2. The Bertz CT molecular complexity index is 1250. The van der Waals surface area contributed by atoms with Gasteiger partial charge < -0.3 is 9.72 Å². The van der Waals surface area contributed by atoms with Gasteiger partial charge in [0.1, 0.15) is 9.86 Å². The summed E-state index contributed by atoms with van der Waals surface area (Å²) in [5, 5.41) is 4.59. The number of carbonyl (C=O) groups is 1. The van der Waals surface area contributed by atoms with Crippen molar-refractivity contribution in [1.29, 1.82) is 0 Å². The van der Waals surface area contributed by atoms with Crippen LogP contribution < -0.4 is 5.32 Å². The minimum Gasteiger partial charge on any atom is -0.326 e. The molecule has 1 N–H and O–H groups in total. The SMILES string of the molecule is CN(CCCC(=O)Nc1ccc(-c2cn3ccccc3n2)cc1)S(=O)(=O)c1cccs1. The molecule has 31 heavy (non-hydrogen) atoms. The molecule has 0 unspecified atom stereocenters. The van der Waals surface area contributed by atoms with Crippen molar-refractivity contribution >= 4 is 38.6 Å². The van der Waals surface area contributed by atoms with Crippen LogP contribution in [0.3, 0.4) is 0 Å². The highest BCUT2D eigenvalue weighted by molar-refractivity contribution is 7.91. The van der Waals surface area contributed by atoms with Crippen molar-refractivity contribution in [3.8, 4) is 11.3 Å². The van der Waals surface area contributed by atoms with Crippen LogP contribution in [0.1, 0.15) is 12.8 Å². The van der Waals surface area contributed by atoms with Crippen LogP contribution in [0.4, 0.5) is 5.69 Å². The number of sulfonamides is 1. The summed E-state index contributed by atoms with van der Waals surface area (Å²) in [5.74, 6) is -0.151. The first-order valence-corrected chi connectivity index (χ1v) is 12.1. The third kappa shape index (κ3) is 4.84. The third-order valence-corrected chi connectivity index (χ3v) is 8.09. The number of hydrogen-bond donors (Lipinski definition) is 1. The lowest BCUT2D eigenvalue weighted by atomic mass is 10.1. The molecule has 4 rings (SSSR count). The molecule has 9 heteroatoms. The number of nitrogens with one attached hydrogen (secondary N) is 1.